The average molecular weight is 238 g/mol. The molecule has 17 heavy (non-hydrogen) atoms. The van der Waals surface area contributed by atoms with Crippen LogP contribution < -0.4 is 5.32 Å². The predicted octanol–water partition coefficient (Wildman–Crippen LogP) is 3.03. The Balaban J connectivity index is 1.82. The predicted molar refractivity (Wildman–Crippen MR) is 74.3 cm³/mol. The molecule has 2 nitrogen and oxygen atoms in total. The SMILES string of the molecule is CC(C)CCCN1CC2(CCCC2)NCC1C. The van der Waals surface area contributed by atoms with Crippen LogP contribution in [0.25, 0.3) is 0 Å². The molecule has 1 heterocycles. The number of nitrogens with zero attached hydrogens (tertiary/aromatic N) is 1. The molecular formula is C15H30N2. The van der Waals surface area contributed by atoms with Gasteiger partial charge in [0.15, 0.2) is 0 Å². The van der Waals surface area contributed by atoms with Crippen molar-refractivity contribution in [1.29, 1.82) is 0 Å². The van der Waals surface area contributed by atoms with E-state index in [1.807, 2.05) is 0 Å². The summed E-state index contributed by atoms with van der Waals surface area (Å²) in [6.45, 7) is 10.8. The Hall–Kier alpha value is -0.0800. The second-order valence-electron chi connectivity index (χ2n) is 6.72. The van der Waals surface area contributed by atoms with Crippen molar-refractivity contribution >= 4 is 0 Å². The van der Waals surface area contributed by atoms with Gasteiger partial charge in [-0.2, -0.15) is 0 Å². The molecule has 0 amide bonds. The van der Waals surface area contributed by atoms with Crippen molar-refractivity contribution in [3.63, 3.8) is 0 Å². The molecule has 2 aliphatic rings. The van der Waals surface area contributed by atoms with E-state index < -0.39 is 0 Å². The van der Waals surface area contributed by atoms with E-state index in [4.69, 9.17) is 0 Å². The van der Waals surface area contributed by atoms with Crippen LogP contribution in [0.15, 0.2) is 0 Å². The second kappa shape index (κ2) is 5.71. The van der Waals surface area contributed by atoms with Gasteiger partial charge in [0.1, 0.15) is 0 Å². The summed E-state index contributed by atoms with van der Waals surface area (Å²) in [6, 6.07) is 0.730. The lowest BCUT2D eigenvalue weighted by Gasteiger charge is -2.45. The van der Waals surface area contributed by atoms with Gasteiger partial charge in [-0.15, -0.1) is 0 Å². The van der Waals surface area contributed by atoms with Crippen molar-refractivity contribution in [3.05, 3.63) is 0 Å². The molecule has 0 aromatic heterocycles. The van der Waals surface area contributed by atoms with Gasteiger partial charge in [0.25, 0.3) is 0 Å². The Morgan fingerprint density at radius 2 is 2.00 bits per heavy atom. The monoisotopic (exact) mass is 238 g/mol. The third-order valence-electron chi connectivity index (χ3n) is 4.69. The normalized spacial score (nSPS) is 29.3. The lowest BCUT2D eigenvalue weighted by Crippen LogP contribution is -2.62. The number of hydrogen-bond donors (Lipinski definition) is 1. The van der Waals surface area contributed by atoms with Crippen LogP contribution in [0.1, 0.15) is 59.3 Å². The minimum Gasteiger partial charge on any atom is -0.308 e. The fourth-order valence-corrected chi connectivity index (χ4v) is 3.48. The van der Waals surface area contributed by atoms with E-state index >= 15 is 0 Å². The number of hydrogen-bond acceptors (Lipinski definition) is 2. The molecule has 0 radical (unpaired) electrons. The van der Waals surface area contributed by atoms with Crippen LogP contribution in [0.3, 0.4) is 0 Å². The summed E-state index contributed by atoms with van der Waals surface area (Å²) >= 11 is 0. The van der Waals surface area contributed by atoms with Crippen molar-refractivity contribution in [3.8, 4) is 0 Å². The van der Waals surface area contributed by atoms with Gasteiger partial charge in [0.2, 0.25) is 0 Å². The number of nitrogens with one attached hydrogen (secondary N) is 1. The van der Waals surface area contributed by atoms with Gasteiger partial charge in [0, 0.05) is 24.7 Å². The molecule has 2 fully saturated rings. The fraction of sp³-hybridized carbons (Fsp3) is 1.00. The first-order chi connectivity index (χ1) is 8.11. The molecule has 1 atom stereocenters. The number of piperazine rings is 1. The van der Waals surface area contributed by atoms with Gasteiger partial charge in [0.05, 0.1) is 0 Å². The van der Waals surface area contributed by atoms with Crippen LogP contribution in [0.4, 0.5) is 0 Å². The molecule has 0 aromatic carbocycles. The Bertz CT molecular complexity index is 231. The highest BCUT2D eigenvalue weighted by molar-refractivity contribution is 5.00. The molecule has 1 spiro atoms. The molecule has 1 aliphatic heterocycles. The van der Waals surface area contributed by atoms with Crippen LogP contribution in [0, 0.1) is 5.92 Å². The molecule has 0 bridgehead atoms. The summed E-state index contributed by atoms with van der Waals surface area (Å²) in [5.41, 5.74) is 0.490. The van der Waals surface area contributed by atoms with Crippen LogP contribution in [0.2, 0.25) is 0 Å². The third-order valence-corrected chi connectivity index (χ3v) is 4.69. The van der Waals surface area contributed by atoms with Gasteiger partial charge < -0.3 is 5.32 Å². The largest absolute Gasteiger partial charge is 0.308 e. The van der Waals surface area contributed by atoms with E-state index in [0.717, 1.165) is 12.0 Å². The molecule has 1 N–H and O–H groups in total. The first kappa shape index (κ1) is 13.4. The van der Waals surface area contributed by atoms with Crippen molar-refractivity contribution < 1.29 is 0 Å². The van der Waals surface area contributed by atoms with Gasteiger partial charge in [-0.1, -0.05) is 26.7 Å². The average Bonchev–Trinajstić information content (AvgIpc) is 2.72. The highest BCUT2D eigenvalue weighted by Gasteiger charge is 2.39. The summed E-state index contributed by atoms with van der Waals surface area (Å²) in [5, 5.41) is 3.83. The third kappa shape index (κ3) is 3.45. The topological polar surface area (TPSA) is 15.3 Å². The molecule has 1 unspecified atom stereocenters. The number of rotatable bonds is 4. The fourth-order valence-electron chi connectivity index (χ4n) is 3.48. The lowest BCUT2D eigenvalue weighted by atomic mass is 9.92. The Labute approximate surface area is 107 Å². The summed E-state index contributed by atoms with van der Waals surface area (Å²) in [5.74, 6) is 0.855. The Morgan fingerprint density at radius 1 is 1.29 bits per heavy atom. The molecule has 2 rings (SSSR count). The summed E-state index contributed by atoms with van der Waals surface area (Å²) < 4.78 is 0. The van der Waals surface area contributed by atoms with E-state index in [2.05, 4.69) is 31.0 Å². The van der Waals surface area contributed by atoms with E-state index in [0.29, 0.717) is 5.54 Å². The highest BCUT2D eigenvalue weighted by atomic mass is 15.2. The van der Waals surface area contributed by atoms with E-state index in [1.165, 1.54) is 58.2 Å². The molecule has 0 aromatic rings. The minimum atomic E-state index is 0.490. The Kier molecular flexibility index (Phi) is 4.48. The Morgan fingerprint density at radius 3 is 2.65 bits per heavy atom. The van der Waals surface area contributed by atoms with E-state index in [1.54, 1.807) is 0 Å². The van der Waals surface area contributed by atoms with Crippen molar-refractivity contribution in [2.75, 3.05) is 19.6 Å². The zero-order valence-electron chi connectivity index (χ0n) is 12.0. The van der Waals surface area contributed by atoms with E-state index in [9.17, 15) is 0 Å². The van der Waals surface area contributed by atoms with Gasteiger partial charge in [-0.25, -0.2) is 0 Å². The van der Waals surface area contributed by atoms with Crippen molar-refractivity contribution in [2.24, 2.45) is 5.92 Å². The highest BCUT2D eigenvalue weighted by Crippen LogP contribution is 2.33. The van der Waals surface area contributed by atoms with Crippen molar-refractivity contribution in [1.82, 2.24) is 10.2 Å². The molecular weight excluding hydrogens is 208 g/mol. The lowest BCUT2D eigenvalue weighted by molar-refractivity contribution is 0.0867. The van der Waals surface area contributed by atoms with Gasteiger partial charge in [-0.05, 0) is 45.1 Å². The minimum absolute atomic E-state index is 0.490. The van der Waals surface area contributed by atoms with Crippen LogP contribution >= 0.6 is 0 Å². The standard InChI is InChI=1S/C15H30N2/c1-13(2)7-6-10-17-12-15(8-4-5-9-15)16-11-14(17)3/h13-14,16H,4-12H2,1-3H3. The van der Waals surface area contributed by atoms with Crippen LogP contribution in [-0.2, 0) is 0 Å². The van der Waals surface area contributed by atoms with Gasteiger partial charge >= 0.3 is 0 Å². The molecule has 1 saturated heterocycles. The molecule has 1 saturated carbocycles. The quantitative estimate of drug-likeness (QED) is 0.810. The summed E-state index contributed by atoms with van der Waals surface area (Å²) in [6.07, 6.45) is 8.42. The van der Waals surface area contributed by atoms with Crippen LogP contribution in [-0.4, -0.2) is 36.1 Å². The maximum Gasteiger partial charge on any atom is 0.0309 e. The molecule has 1 aliphatic carbocycles. The van der Waals surface area contributed by atoms with E-state index in [-0.39, 0.29) is 0 Å². The maximum absolute atomic E-state index is 3.83. The van der Waals surface area contributed by atoms with Crippen molar-refractivity contribution in [2.45, 2.75) is 70.9 Å². The first-order valence-electron chi connectivity index (χ1n) is 7.60. The summed E-state index contributed by atoms with van der Waals surface area (Å²) in [7, 11) is 0. The zero-order valence-corrected chi connectivity index (χ0v) is 12.0. The van der Waals surface area contributed by atoms with Crippen LogP contribution in [0.5, 0.6) is 0 Å². The molecule has 2 heteroatoms. The smallest absolute Gasteiger partial charge is 0.0309 e. The first-order valence-corrected chi connectivity index (χ1v) is 7.60. The second-order valence-corrected chi connectivity index (χ2v) is 6.72. The van der Waals surface area contributed by atoms with Gasteiger partial charge in [-0.3, -0.25) is 4.90 Å². The molecule has 100 valence electrons. The maximum atomic E-state index is 3.83. The summed E-state index contributed by atoms with van der Waals surface area (Å²) in [4.78, 5) is 2.74. The zero-order chi connectivity index (χ0) is 12.3.